The number of benzene rings is 2. The second-order valence-electron chi connectivity index (χ2n) is 9.33. The summed E-state index contributed by atoms with van der Waals surface area (Å²) < 4.78 is 21.5. The van der Waals surface area contributed by atoms with Crippen LogP contribution in [-0.2, 0) is 9.53 Å². The summed E-state index contributed by atoms with van der Waals surface area (Å²) in [5.74, 6) is -0.683. The maximum Gasteiger partial charge on any atom is 0.264 e. The predicted molar refractivity (Wildman–Crippen MR) is 150 cm³/mol. The zero-order chi connectivity index (χ0) is 27.2. The van der Waals surface area contributed by atoms with Crippen LogP contribution in [0.1, 0.15) is 15.2 Å². The summed E-state index contributed by atoms with van der Waals surface area (Å²) in [4.78, 5) is 35.6. The molecule has 2 aromatic heterocycles. The molecular formula is C29H30FN5O3S. The van der Waals surface area contributed by atoms with E-state index in [4.69, 9.17) is 4.74 Å². The Morgan fingerprint density at radius 2 is 1.90 bits per heavy atom. The molecule has 10 heteroatoms. The zero-order valence-electron chi connectivity index (χ0n) is 21.7. The van der Waals surface area contributed by atoms with Gasteiger partial charge in [-0.2, -0.15) is 0 Å². The molecule has 1 saturated heterocycles. The van der Waals surface area contributed by atoms with Crippen molar-refractivity contribution >= 4 is 29.1 Å². The molecule has 4 aromatic rings. The molecule has 202 valence electrons. The van der Waals surface area contributed by atoms with Crippen molar-refractivity contribution in [1.29, 1.82) is 0 Å². The van der Waals surface area contributed by atoms with Crippen LogP contribution in [-0.4, -0.2) is 77.1 Å². The number of carbonyl (C=O) groups is 2. The first kappa shape index (κ1) is 26.7. The van der Waals surface area contributed by atoms with Gasteiger partial charge in [-0.3, -0.25) is 24.4 Å². The number of aryl methyl sites for hydroxylation is 1. The van der Waals surface area contributed by atoms with Crippen LogP contribution in [0, 0.1) is 12.7 Å². The van der Waals surface area contributed by atoms with Crippen molar-refractivity contribution in [2.75, 3.05) is 51.3 Å². The minimum absolute atomic E-state index is 0.142. The van der Waals surface area contributed by atoms with Crippen molar-refractivity contribution in [2.45, 2.75) is 6.92 Å². The largest absolute Gasteiger partial charge is 0.379 e. The molecule has 1 aliphatic rings. The lowest BCUT2D eigenvalue weighted by molar-refractivity contribution is -0.117. The standard InChI is InChI=1S/C29H30FN5O3S/c1-21-9-10-23(18-24(21)30)35-19-25(22-6-3-2-4-7-22)31-29(35)32-27(36)20-34(28(37)26-8-5-17-39-26)12-11-33-13-15-38-16-14-33/h2-10,17-19H,11-16,20H2,1H3,(H,31,32,36). The van der Waals surface area contributed by atoms with E-state index in [1.54, 1.807) is 40.8 Å². The average molecular weight is 548 g/mol. The summed E-state index contributed by atoms with van der Waals surface area (Å²) >= 11 is 1.35. The highest BCUT2D eigenvalue weighted by Gasteiger charge is 2.23. The summed E-state index contributed by atoms with van der Waals surface area (Å²) in [6.45, 7) is 5.50. The molecule has 0 radical (unpaired) electrons. The lowest BCUT2D eigenvalue weighted by Gasteiger charge is -2.29. The number of imidazole rings is 1. The molecule has 0 saturated carbocycles. The number of nitrogens with one attached hydrogen (secondary N) is 1. The van der Waals surface area contributed by atoms with Crippen LogP contribution in [0.2, 0.25) is 0 Å². The van der Waals surface area contributed by atoms with Crippen molar-refractivity contribution in [2.24, 2.45) is 0 Å². The van der Waals surface area contributed by atoms with Gasteiger partial charge in [-0.25, -0.2) is 9.37 Å². The van der Waals surface area contributed by atoms with Gasteiger partial charge in [0.05, 0.1) is 29.5 Å². The molecule has 2 amide bonds. The molecule has 1 N–H and O–H groups in total. The number of carbonyl (C=O) groups excluding carboxylic acids is 2. The van der Waals surface area contributed by atoms with E-state index >= 15 is 0 Å². The molecular weight excluding hydrogens is 517 g/mol. The normalized spacial score (nSPS) is 13.8. The number of nitrogens with zero attached hydrogens (tertiary/aromatic N) is 4. The van der Waals surface area contributed by atoms with Crippen LogP contribution in [0.15, 0.2) is 72.2 Å². The van der Waals surface area contributed by atoms with Gasteiger partial charge in [-0.1, -0.05) is 42.5 Å². The monoisotopic (exact) mass is 547 g/mol. The Kier molecular flexibility index (Phi) is 8.45. The predicted octanol–water partition coefficient (Wildman–Crippen LogP) is 4.46. The highest BCUT2D eigenvalue weighted by Crippen LogP contribution is 2.25. The van der Waals surface area contributed by atoms with Crippen LogP contribution >= 0.6 is 11.3 Å². The maximum absolute atomic E-state index is 14.4. The Hall–Kier alpha value is -3.86. The van der Waals surface area contributed by atoms with Gasteiger partial charge >= 0.3 is 0 Å². The van der Waals surface area contributed by atoms with E-state index in [-0.39, 0.29) is 30.1 Å². The van der Waals surface area contributed by atoms with E-state index in [0.717, 1.165) is 18.7 Å². The lowest BCUT2D eigenvalue weighted by Crippen LogP contribution is -2.45. The molecule has 0 spiro atoms. The van der Waals surface area contributed by atoms with Crippen LogP contribution in [0.5, 0.6) is 0 Å². The van der Waals surface area contributed by atoms with E-state index in [2.05, 4.69) is 15.2 Å². The van der Waals surface area contributed by atoms with Crippen molar-refractivity contribution < 1.29 is 18.7 Å². The number of aromatic nitrogens is 2. The number of hydrogen-bond donors (Lipinski definition) is 1. The van der Waals surface area contributed by atoms with Crippen LogP contribution in [0.3, 0.4) is 0 Å². The van der Waals surface area contributed by atoms with E-state index in [1.807, 2.05) is 41.8 Å². The Bertz CT molecular complexity index is 1420. The Morgan fingerprint density at radius 3 is 2.62 bits per heavy atom. The highest BCUT2D eigenvalue weighted by molar-refractivity contribution is 7.12. The van der Waals surface area contributed by atoms with E-state index in [0.29, 0.717) is 48.1 Å². The van der Waals surface area contributed by atoms with Gasteiger partial charge in [0.2, 0.25) is 11.9 Å². The Labute approximate surface area is 230 Å². The third kappa shape index (κ3) is 6.59. The minimum Gasteiger partial charge on any atom is -0.379 e. The number of hydrogen-bond acceptors (Lipinski definition) is 6. The van der Waals surface area contributed by atoms with Gasteiger partial charge in [-0.05, 0) is 36.1 Å². The van der Waals surface area contributed by atoms with Gasteiger partial charge in [0.1, 0.15) is 12.4 Å². The fraction of sp³-hybridized carbons (Fsp3) is 0.276. The third-order valence-electron chi connectivity index (χ3n) is 6.60. The van der Waals surface area contributed by atoms with E-state index < -0.39 is 0 Å². The summed E-state index contributed by atoms with van der Waals surface area (Å²) in [6.07, 6.45) is 1.77. The quantitative estimate of drug-likeness (QED) is 0.335. The molecule has 0 atom stereocenters. The topological polar surface area (TPSA) is 79.7 Å². The van der Waals surface area contributed by atoms with Crippen LogP contribution < -0.4 is 5.32 Å². The first-order valence-electron chi connectivity index (χ1n) is 12.8. The summed E-state index contributed by atoms with van der Waals surface area (Å²) in [7, 11) is 0. The molecule has 39 heavy (non-hydrogen) atoms. The summed E-state index contributed by atoms with van der Waals surface area (Å²) in [5.41, 5.74) is 2.54. The molecule has 0 aliphatic carbocycles. The molecule has 1 aliphatic heterocycles. The Morgan fingerprint density at radius 1 is 1.10 bits per heavy atom. The molecule has 1 fully saturated rings. The maximum atomic E-state index is 14.4. The van der Waals surface area contributed by atoms with Gasteiger partial charge in [-0.15, -0.1) is 11.3 Å². The second-order valence-corrected chi connectivity index (χ2v) is 10.3. The fourth-order valence-corrected chi connectivity index (χ4v) is 5.07. The number of rotatable bonds is 9. The van der Waals surface area contributed by atoms with Gasteiger partial charge < -0.3 is 9.64 Å². The first-order valence-corrected chi connectivity index (χ1v) is 13.7. The molecule has 2 aromatic carbocycles. The minimum atomic E-state index is -0.388. The second kappa shape index (κ2) is 12.3. The zero-order valence-corrected chi connectivity index (χ0v) is 22.5. The average Bonchev–Trinajstić information content (AvgIpc) is 3.64. The first-order chi connectivity index (χ1) is 19.0. The number of thiophene rings is 1. The smallest absolute Gasteiger partial charge is 0.264 e. The lowest BCUT2D eigenvalue weighted by atomic mass is 10.2. The van der Waals surface area contributed by atoms with Crippen molar-refractivity contribution in [1.82, 2.24) is 19.4 Å². The summed E-state index contributed by atoms with van der Waals surface area (Å²) in [5, 5.41) is 4.71. The highest BCUT2D eigenvalue weighted by atomic mass is 32.1. The van der Waals surface area contributed by atoms with Crippen molar-refractivity contribution in [3.05, 3.63) is 88.5 Å². The fourth-order valence-electron chi connectivity index (χ4n) is 4.38. The number of ether oxygens (including phenoxy) is 1. The number of amides is 2. The number of halogens is 1. The van der Waals surface area contributed by atoms with Crippen molar-refractivity contribution in [3.63, 3.8) is 0 Å². The molecule has 8 nitrogen and oxygen atoms in total. The third-order valence-corrected chi connectivity index (χ3v) is 7.46. The van der Waals surface area contributed by atoms with Crippen molar-refractivity contribution in [3.8, 4) is 16.9 Å². The molecule has 0 bridgehead atoms. The van der Waals surface area contributed by atoms with Gasteiger partial charge in [0.25, 0.3) is 5.91 Å². The van der Waals surface area contributed by atoms with E-state index in [1.165, 1.54) is 17.4 Å². The van der Waals surface area contributed by atoms with Gasteiger partial charge in [0, 0.05) is 37.9 Å². The molecule has 3 heterocycles. The van der Waals surface area contributed by atoms with Gasteiger partial charge in [0.15, 0.2) is 0 Å². The molecule has 5 rings (SSSR count). The number of morpholine rings is 1. The SMILES string of the molecule is Cc1ccc(-n2cc(-c3ccccc3)nc2NC(=O)CN(CCN2CCOCC2)C(=O)c2cccs2)cc1F. The van der Waals surface area contributed by atoms with Crippen LogP contribution in [0.4, 0.5) is 10.3 Å². The van der Waals surface area contributed by atoms with E-state index in [9.17, 15) is 14.0 Å². The Balaban J connectivity index is 1.38. The number of anilines is 1. The summed E-state index contributed by atoms with van der Waals surface area (Å²) in [6, 6.07) is 18.0. The molecule has 0 unspecified atom stereocenters. The van der Waals surface area contributed by atoms with Crippen LogP contribution in [0.25, 0.3) is 16.9 Å².